The van der Waals surface area contributed by atoms with Gasteiger partial charge in [-0.3, -0.25) is 0 Å². The number of methoxy groups -OCH3 is 1. The van der Waals surface area contributed by atoms with Crippen molar-refractivity contribution >= 4 is 15.5 Å². The Morgan fingerprint density at radius 3 is 2.61 bits per heavy atom. The van der Waals surface area contributed by atoms with Gasteiger partial charge in [-0.05, 0) is 31.0 Å². The normalized spacial score (nSPS) is 16.9. The van der Waals surface area contributed by atoms with E-state index in [0.29, 0.717) is 17.0 Å². The van der Waals surface area contributed by atoms with Crippen LogP contribution in [0.5, 0.6) is 5.75 Å². The van der Waals surface area contributed by atoms with Gasteiger partial charge in [0.25, 0.3) is 0 Å². The van der Waals surface area contributed by atoms with E-state index in [-0.39, 0.29) is 11.0 Å². The summed E-state index contributed by atoms with van der Waals surface area (Å²) < 4.78 is 29.8. The largest absolute Gasteiger partial charge is 0.496 e. The molecule has 0 spiro atoms. The second kappa shape index (κ2) is 5.18. The van der Waals surface area contributed by atoms with Gasteiger partial charge < -0.3 is 10.5 Å². The highest BCUT2D eigenvalue weighted by Gasteiger charge is 2.29. The van der Waals surface area contributed by atoms with E-state index in [1.807, 2.05) is 0 Å². The van der Waals surface area contributed by atoms with Gasteiger partial charge in [-0.2, -0.15) is 0 Å². The summed E-state index contributed by atoms with van der Waals surface area (Å²) in [6.45, 7) is 0. The quantitative estimate of drug-likeness (QED) is 0.850. The van der Waals surface area contributed by atoms with Crippen LogP contribution < -0.4 is 10.5 Å². The zero-order chi connectivity index (χ0) is 13.2. The Kier molecular flexibility index (Phi) is 3.80. The van der Waals surface area contributed by atoms with E-state index in [2.05, 4.69) is 0 Å². The van der Waals surface area contributed by atoms with Crippen LogP contribution in [0, 0.1) is 0 Å². The van der Waals surface area contributed by atoms with Crippen LogP contribution in [-0.2, 0) is 15.6 Å². The standard InChI is InChI=1S/C13H19NO3S/c1-17-13-7-6-11(14)8-10(13)9-18(15,16)12-4-2-3-5-12/h6-8,12H,2-5,9,14H2,1H3. The monoisotopic (exact) mass is 269 g/mol. The first-order valence-electron chi connectivity index (χ1n) is 6.17. The minimum absolute atomic E-state index is 0.0197. The summed E-state index contributed by atoms with van der Waals surface area (Å²) in [6.07, 6.45) is 3.59. The van der Waals surface area contributed by atoms with Gasteiger partial charge in [0, 0.05) is 11.3 Å². The first-order valence-corrected chi connectivity index (χ1v) is 7.88. The average molecular weight is 269 g/mol. The molecule has 2 N–H and O–H groups in total. The smallest absolute Gasteiger partial charge is 0.157 e. The number of hydrogen-bond acceptors (Lipinski definition) is 4. The maximum absolute atomic E-state index is 12.3. The van der Waals surface area contributed by atoms with E-state index in [1.165, 1.54) is 7.11 Å². The van der Waals surface area contributed by atoms with Gasteiger partial charge in [-0.1, -0.05) is 12.8 Å². The van der Waals surface area contributed by atoms with Gasteiger partial charge in [0.15, 0.2) is 9.84 Å². The third-order valence-corrected chi connectivity index (χ3v) is 5.67. The average Bonchev–Trinajstić information content (AvgIpc) is 2.83. The molecule has 0 saturated heterocycles. The fourth-order valence-corrected chi connectivity index (χ4v) is 4.44. The lowest BCUT2D eigenvalue weighted by atomic mass is 10.2. The molecule has 0 heterocycles. The van der Waals surface area contributed by atoms with Gasteiger partial charge in [-0.25, -0.2) is 8.42 Å². The second-order valence-electron chi connectivity index (χ2n) is 4.78. The van der Waals surface area contributed by atoms with Gasteiger partial charge in [0.1, 0.15) is 5.75 Å². The Labute approximate surface area is 108 Å². The minimum atomic E-state index is -3.10. The molecule has 1 saturated carbocycles. The first kappa shape index (κ1) is 13.2. The molecule has 0 radical (unpaired) electrons. The molecule has 100 valence electrons. The Morgan fingerprint density at radius 1 is 1.33 bits per heavy atom. The fourth-order valence-electron chi connectivity index (χ4n) is 2.49. The van der Waals surface area contributed by atoms with Gasteiger partial charge >= 0.3 is 0 Å². The lowest BCUT2D eigenvalue weighted by Gasteiger charge is -2.13. The summed E-state index contributed by atoms with van der Waals surface area (Å²) in [6, 6.07) is 5.12. The summed E-state index contributed by atoms with van der Waals surface area (Å²) >= 11 is 0. The summed E-state index contributed by atoms with van der Waals surface area (Å²) in [5.74, 6) is 0.608. The van der Waals surface area contributed by atoms with Crippen LogP contribution in [0.4, 0.5) is 5.69 Å². The van der Waals surface area contributed by atoms with Crippen molar-refractivity contribution in [2.45, 2.75) is 36.7 Å². The topological polar surface area (TPSA) is 69.4 Å². The third-order valence-electron chi connectivity index (χ3n) is 3.47. The molecule has 0 aromatic heterocycles. The second-order valence-corrected chi connectivity index (χ2v) is 7.07. The predicted molar refractivity (Wildman–Crippen MR) is 72.3 cm³/mol. The molecule has 1 aliphatic carbocycles. The van der Waals surface area contributed by atoms with Gasteiger partial charge in [0.2, 0.25) is 0 Å². The number of nitrogen functional groups attached to an aromatic ring is 1. The predicted octanol–water partition coefficient (Wildman–Crippen LogP) is 2.13. The Bertz CT molecular complexity index is 519. The van der Waals surface area contributed by atoms with Crippen LogP contribution in [-0.4, -0.2) is 20.8 Å². The fraction of sp³-hybridized carbons (Fsp3) is 0.538. The van der Waals surface area contributed by atoms with E-state index >= 15 is 0 Å². The molecule has 0 unspecified atom stereocenters. The van der Waals surface area contributed by atoms with Gasteiger partial charge in [0.05, 0.1) is 18.1 Å². The van der Waals surface area contributed by atoms with Crippen molar-refractivity contribution < 1.29 is 13.2 Å². The molecule has 1 aromatic carbocycles. The molecule has 0 amide bonds. The summed E-state index contributed by atoms with van der Waals surface area (Å²) in [4.78, 5) is 0. The van der Waals surface area contributed by atoms with Crippen molar-refractivity contribution in [1.29, 1.82) is 0 Å². The Hall–Kier alpha value is -1.23. The van der Waals surface area contributed by atoms with E-state index in [0.717, 1.165) is 25.7 Å². The van der Waals surface area contributed by atoms with Gasteiger partial charge in [-0.15, -0.1) is 0 Å². The van der Waals surface area contributed by atoms with Crippen LogP contribution in [0.15, 0.2) is 18.2 Å². The highest BCUT2D eigenvalue weighted by Crippen LogP contribution is 2.30. The lowest BCUT2D eigenvalue weighted by Crippen LogP contribution is -2.19. The van der Waals surface area contributed by atoms with Crippen molar-refractivity contribution in [3.05, 3.63) is 23.8 Å². The van der Waals surface area contributed by atoms with Crippen LogP contribution in [0.2, 0.25) is 0 Å². The van der Waals surface area contributed by atoms with Crippen LogP contribution in [0.3, 0.4) is 0 Å². The van der Waals surface area contributed by atoms with E-state index in [1.54, 1.807) is 18.2 Å². The highest BCUT2D eigenvalue weighted by molar-refractivity contribution is 7.91. The van der Waals surface area contributed by atoms with E-state index in [9.17, 15) is 8.42 Å². The summed E-state index contributed by atoms with van der Waals surface area (Å²) in [5.41, 5.74) is 6.92. The number of rotatable bonds is 4. The molecular formula is C13H19NO3S. The molecule has 2 rings (SSSR count). The van der Waals surface area contributed by atoms with E-state index in [4.69, 9.17) is 10.5 Å². The number of benzene rings is 1. The zero-order valence-corrected chi connectivity index (χ0v) is 11.4. The molecule has 18 heavy (non-hydrogen) atoms. The summed E-state index contributed by atoms with van der Waals surface area (Å²) in [7, 11) is -1.56. The van der Waals surface area contributed by atoms with Crippen molar-refractivity contribution in [3.63, 3.8) is 0 Å². The molecule has 4 nitrogen and oxygen atoms in total. The van der Waals surface area contributed by atoms with Crippen LogP contribution in [0.25, 0.3) is 0 Å². The molecule has 1 fully saturated rings. The number of sulfone groups is 1. The minimum Gasteiger partial charge on any atom is -0.496 e. The van der Waals surface area contributed by atoms with Crippen molar-refractivity contribution in [2.75, 3.05) is 12.8 Å². The number of hydrogen-bond donors (Lipinski definition) is 1. The molecule has 0 bridgehead atoms. The molecular weight excluding hydrogens is 250 g/mol. The first-order chi connectivity index (χ1) is 8.53. The van der Waals surface area contributed by atoms with Crippen molar-refractivity contribution in [3.8, 4) is 5.75 Å². The number of ether oxygens (including phenoxy) is 1. The van der Waals surface area contributed by atoms with Crippen molar-refractivity contribution in [2.24, 2.45) is 0 Å². The summed E-state index contributed by atoms with van der Waals surface area (Å²) in [5, 5.41) is -0.191. The van der Waals surface area contributed by atoms with Crippen LogP contribution >= 0.6 is 0 Å². The maximum atomic E-state index is 12.3. The third kappa shape index (κ3) is 2.77. The number of anilines is 1. The van der Waals surface area contributed by atoms with Crippen molar-refractivity contribution in [1.82, 2.24) is 0 Å². The molecule has 1 aliphatic rings. The SMILES string of the molecule is COc1ccc(N)cc1CS(=O)(=O)C1CCCC1. The molecule has 0 atom stereocenters. The highest BCUT2D eigenvalue weighted by atomic mass is 32.2. The Balaban J connectivity index is 2.25. The Morgan fingerprint density at radius 2 is 2.00 bits per heavy atom. The maximum Gasteiger partial charge on any atom is 0.157 e. The lowest BCUT2D eigenvalue weighted by molar-refractivity contribution is 0.411. The van der Waals surface area contributed by atoms with E-state index < -0.39 is 9.84 Å². The zero-order valence-electron chi connectivity index (χ0n) is 10.6. The molecule has 5 heteroatoms. The molecule has 1 aromatic rings. The van der Waals surface area contributed by atoms with Crippen LogP contribution in [0.1, 0.15) is 31.2 Å². The molecule has 0 aliphatic heterocycles. The number of nitrogens with two attached hydrogens (primary N) is 1.